The summed E-state index contributed by atoms with van der Waals surface area (Å²) in [5, 5.41) is 11.4. The number of hydrogen-bond donors (Lipinski definition) is 0. The third kappa shape index (κ3) is 5.50. The number of benzene rings is 2. The molecule has 0 bridgehead atoms. The topological polar surface area (TPSA) is 94.1 Å². The number of nitrogens with zero attached hydrogens (tertiary/aromatic N) is 5. The average molecular weight is 572 g/mol. The summed E-state index contributed by atoms with van der Waals surface area (Å²) in [5.41, 5.74) is -4.18. The summed E-state index contributed by atoms with van der Waals surface area (Å²) in [6.07, 6.45) is -9.81. The Labute approximate surface area is 220 Å². The lowest BCUT2D eigenvalue weighted by Crippen LogP contribution is -2.20. The van der Waals surface area contributed by atoms with Crippen molar-refractivity contribution in [3.63, 3.8) is 0 Å². The molecular formula is C24H16ClF6N5O3. The second kappa shape index (κ2) is 10.2. The number of aromatic nitrogens is 4. The lowest BCUT2D eigenvalue weighted by molar-refractivity contribution is -0.143. The van der Waals surface area contributed by atoms with Crippen molar-refractivity contribution < 1.29 is 40.5 Å². The van der Waals surface area contributed by atoms with Crippen molar-refractivity contribution in [2.45, 2.75) is 18.9 Å². The van der Waals surface area contributed by atoms with Crippen molar-refractivity contribution in [3.05, 3.63) is 81.1 Å². The van der Waals surface area contributed by atoms with Crippen LogP contribution < -0.4 is 4.90 Å². The highest BCUT2D eigenvalue weighted by Gasteiger charge is 2.37. The van der Waals surface area contributed by atoms with E-state index in [1.807, 2.05) is 0 Å². The SMILES string of the molecule is CN(C)c1c(C(=O)c2c(C=O)noc2-c2ccccc2Cl)nnn1Cc1cc(C(F)(F)F)cc(C(F)(F)F)c1. The van der Waals surface area contributed by atoms with E-state index in [1.54, 1.807) is 12.1 Å². The van der Waals surface area contributed by atoms with Gasteiger partial charge in [-0.2, -0.15) is 26.3 Å². The number of anilines is 1. The maximum absolute atomic E-state index is 13.6. The molecule has 0 spiro atoms. The second-order valence-corrected chi connectivity index (χ2v) is 8.83. The summed E-state index contributed by atoms with van der Waals surface area (Å²) in [4.78, 5) is 26.6. The van der Waals surface area contributed by atoms with Gasteiger partial charge in [-0.25, -0.2) is 4.68 Å². The van der Waals surface area contributed by atoms with Gasteiger partial charge in [0.1, 0.15) is 5.56 Å². The Hall–Kier alpha value is -4.20. The van der Waals surface area contributed by atoms with E-state index < -0.39 is 35.8 Å². The van der Waals surface area contributed by atoms with Crippen molar-refractivity contribution in [1.82, 2.24) is 20.2 Å². The third-order valence-electron chi connectivity index (χ3n) is 5.50. The average Bonchev–Trinajstić information content (AvgIpc) is 3.47. The molecule has 0 radical (unpaired) electrons. The predicted molar refractivity (Wildman–Crippen MR) is 126 cm³/mol. The summed E-state index contributed by atoms with van der Waals surface area (Å²) in [6.45, 7) is -0.595. The Balaban J connectivity index is 1.82. The number of carbonyl (C=O) groups excluding carboxylic acids is 2. The Bertz CT molecular complexity index is 1530. The number of aldehydes is 1. The van der Waals surface area contributed by atoms with E-state index in [0.717, 1.165) is 4.68 Å². The number of halogens is 7. The molecule has 0 saturated heterocycles. The van der Waals surface area contributed by atoms with Crippen LogP contribution in [0.25, 0.3) is 11.3 Å². The van der Waals surface area contributed by atoms with E-state index in [2.05, 4.69) is 15.5 Å². The molecule has 8 nitrogen and oxygen atoms in total. The van der Waals surface area contributed by atoms with Crippen molar-refractivity contribution in [2.75, 3.05) is 19.0 Å². The monoisotopic (exact) mass is 571 g/mol. The number of alkyl halides is 6. The van der Waals surface area contributed by atoms with E-state index in [4.69, 9.17) is 16.1 Å². The van der Waals surface area contributed by atoms with Gasteiger partial charge in [0, 0.05) is 19.7 Å². The molecule has 0 aliphatic carbocycles. The molecule has 0 aliphatic heterocycles. The zero-order chi connectivity index (χ0) is 28.7. The zero-order valence-electron chi connectivity index (χ0n) is 19.9. The van der Waals surface area contributed by atoms with Gasteiger partial charge in [0.2, 0.25) is 5.78 Å². The van der Waals surface area contributed by atoms with Crippen molar-refractivity contribution in [3.8, 4) is 11.3 Å². The molecule has 15 heteroatoms. The van der Waals surface area contributed by atoms with Crippen LogP contribution in [0.15, 0.2) is 47.0 Å². The number of rotatable bonds is 7. The standard InChI is InChI=1S/C24H16ClF6N5O3/c1-35(2)22-19(20(38)18-17(11-37)33-39-21(18)15-5-3-4-6-16(15)25)32-34-36(22)10-12-7-13(23(26,27)28)9-14(8-12)24(29,30)31/h3-9,11H,10H2,1-2H3. The third-order valence-corrected chi connectivity index (χ3v) is 5.83. The molecule has 0 fully saturated rings. The summed E-state index contributed by atoms with van der Waals surface area (Å²) in [7, 11) is 2.92. The van der Waals surface area contributed by atoms with E-state index >= 15 is 0 Å². The van der Waals surface area contributed by atoms with Crippen LogP contribution in [-0.4, -0.2) is 46.3 Å². The zero-order valence-corrected chi connectivity index (χ0v) is 20.7. The molecule has 4 rings (SSSR count). The number of hydrogen-bond acceptors (Lipinski definition) is 7. The molecule has 0 unspecified atom stereocenters. The van der Waals surface area contributed by atoms with Gasteiger partial charge in [0.05, 0.1) is 22.7 Å². The molecule has 0 aliphatic rings. The van der Waals surface area contributed by atoms with Crippen LogP contribution in [-0.2, 0) is 18.9 Å². The van der Waals surface area contributed by atoms with Gasteiger partial charge in [0.25, 0.3) is 0 Å². The molecule has 39 heavy (non-hydrogen) atoms. The first-order valence-corrected chi connectivity index (χ1v) is 11.2. The molecular weight excluding hydrogens is 556 g/mol. The lowest BCUT2D eigenvalue weighted by atomic mass is 10.0. The first-order chi connectivity index (χ1) is 18.2. The summed E-state index contributed by atoms with van der Waals surface area (Å²) < 4.78 is 86.1. The number of ketones is 1. The molecule has 204 valence electrons. The van der Waals surface area contributed by atoms with Gasteiger partial charge in [-0.3, -0.25) is 9.59 Å². The molecule has 0 saturated carbocycles. The van der Waals surface area contributed by atoms with E-state index in [1.165, 1.54) is 31.1 Å². The minimum atomic E-state index is -5.04. The Morgan fingerprint density at radius 3 is 2.21 bits per heavy atom. The normalized spacial score (nSPS) is 12.0. The lowest BCUT2D eigenvalue weighted by Gasteiger charge is -2.17. The first kappa shape index (κ1) is 27.8. The van der Waals surface area contributed by atoms with Crippen LogP contribution in [0.4, 0.5) is 32.2 Å². The van der Waals surface area contributed by atoms with Crippen LogP contribution in [0.3, 0.4) is 0 Å². The smallest absolute Gasteiger partial charge is 0.361 e. The summed E-state index contributed by atoms with van der Waals surface area (Å²) in [6, 6.07) is 7.37. The molecule has 2 aromatic heterocycles. The molecule has 0 amide bonds. The molecule has 4 aromatic rings. The van der Waals surface area contributed by atoms with Crippen LogP contribution in [0.5, 0.6) is 0 Å². The first-order valence-electron chi connectivity index (χ1n) is 10.9. The van der Waals surface area contributed by atoms with Gasteiger partial charge in [-0.1, -0.05) is 34.1 Å². The maximum atomic E-state index is 13.6. The van der Waals surface area contributed by atoms with Gasteiger partial charge >= 0.3 is 12.4 Å². The quantitative estimate of drug-likeness (QED) is 0.158. The Kier molecular flexibility index (Phi) is 7.25. The van der Waals surface area contributed by atoms with Crippen molar-refractivity contribution in [2.24, 2.45) is 0 Å². The maximum Gasteiger partial charge on any atom is 0.416 e. The van der Waals surface area contributed by atoms with Crippen molar-refractivity contribution >= 4 is 29.5 Å². The van der Waals surface area contributed by atoms with Gasteiger partial charge in [0.15, 0.2) is 29.3 Å². The fraction of sp³-hybridized carbons (Fsp3) is 0.208. The van der Waals surface area contributed by atoms with Gasteiger partial charge < -0.3 is 9.42 Å². The molecule has 0 atom stereocenters. The summed E-state index contributed by atoms with van der Waals surface area (Å²) >= 11 is 6.21. The molecule has 2 aromatic carbocycles. The van der Waals surface area contributed by atoms with E-state index in [-0.39, 0.29) is 57.0 Å². The van der Waals surface area contributed by atoms with Crippen LogP contribution in [0.2, 0.25) is 5.02 Å². The highest BCUT2D eigenvalue weighted by atomic mass is 35.5. The van der Waals surface area contributed by atoms with Crippen LogP contribution >= 0.6 is 11.6 Å². The summed E-state index contributed by atoms with van der Waals surface area (Å²) in [5.74, 6) is -1.09. The Morgan fingerprint density at radius 2 is 1.67 bits per heavy atom. The van der Waals surface area contributed by atoms with Gasteiger partial charge in [-0.05, 0) is 35.9 Å². The minimum absolute atomic E-state index is 0.00967. The fourth-order valence-corrected chi connectivity index (χ4v) is 4.06. The minimum Gasteiger partial charge on any atom is -0.361 e. The molecule has 2 heterocycles. The van der Waals surface area contributed by atoms with Gasteiger partial charge in [-0.15, -0.1) is 5.10 Å². The fourth-order valence-electron chi connectivity index (χ4n) is 3.84. The largest absolute Gasteiger partial charge is 0.416 e. The highest BCUT2D eigenvalue weighted by molar-refractivity contribution is 6.33. The van der Waals surface area contributed by atoms with E-state index in [0.29, 0.717) is 12.1 Å². The molecule has 0 N–H and O–H groups in total. The van der Waals surface area contributed by atoms with Crippen molar-refractivity contribution in [1.29, 1.82) is 0 Å². The van der Waals surface area contributed by atoms with Crippen LogP contribution in [0, 0.1) is 0 Å². The Morgan fingerprint density at radius 1 is 1.05 bits per heavy atom. The van der Waals surface area contributed by atoms with E-state index in [9.17, 15) is 35.9 Å². The number of carbonyl (C=O) groups is 2. The van der Waals surface area contributed by atoms with Crippen LogP contribution in [0.1, 0.15) is 43.2 Å². The second-order valence-electron chi connectivity index (χ2n) is 8.43. The highest BCUT2D eigenvalue weighted by Crippen LogP contribution is 2.37. The predicted octanol–water partition coefficient (Wildman–Crippen LogP) is 5.78.